The Morgan fingerprint density at radius 2 is 1.85 bits per heavy atom. The first kappa shape index (κ1) is 16.5. The average Bonchev–Trinajstić information content (AvgIpc) is 3.30. The summed E-state index contributed by atoms with van der Waals surface area (Å²) in [5.74, 6) is 0.722. The van der Waals surface area contributed by atoms with E-state index in [1.165, 1.54) is 11.1 Å². The highest BCUT2D eigenvalue weighted by Crippen LogP contribution is 2.33. The summed E-state index contributed by atoms with van der Waals surface area (Å²) in [6.07, 6.45) is 4.98. The van der Waals surface area contributed by atoms with E-state index < -0.39 is 5.66 Å². The number of nitrogens with zero attached hydrogens (tertiary/aromatic N) is 2. The monoisotopic (exact) mass is 347 g/mol. The highest BCUT2D eigenvalue weighted by Gasteiger charge is 2.37. The topological polar surface area (TPSA) is 63.0 Å². The zero-order valence-electron chi connectivity index (χ0n) is 14.7. The summed E-state index contributed by atoms with van der Waals surface area (Å²) in [5, 5.41) is 11.4. The second kappa shape index (κ2) is 6.75. The smallest absolute Gasteiger partial charge is 0.226 e. The summed E-state index contributed by atoms with van der Waals surface area (Å²) in [5.41, 5.74) is 2.44. The first-order valence-corrected chi connectivity index (χ1v) is 8.92. The molecule has 1 heterocycles. The Kier molecular flexibility index (Phi) is 4.29. The van der Waals surface area contributed by atoms with Gasteiger partial charge in [-0.1, -0.05) is 36.4 Å². The van der Waals surface area contributed by atoms with Crippen LogP contribution in [0.4, 0.5) is 0 Å². The number of carbonyl (C=O) groups is 1. The molecule has 4 rings (SSSR count). The highest BCUT2D eigenvalue weighted by molar-refractivity contribution is 5.81. The van der Waals surface area contributed by atoms with Crippen molar-refractivity contribution in [2.24, 2.45) is 16.1 Å². The van der Waals surface area contributed by atoms with Crippen LogP contribution in [0.2, 0.25) is 0 Å². The summed E-state index contributed by atoms with van der Waals surface area (Å²) in [6, 6.07) is 15.9. The summed E-state index contributed by atoms with van der Waals surface area (Å²) in [6.45, 7) is 2.56. The van der Waals surface area contributed by atoms with Gasteiger partial charge in [0.25, 0.3) is 0 Å². The Morgan fingerprint density at radius 1 is 1.15 bits per heavy atom. The third-order valence-corrected chi connectivity index (χ3v) is 4.94. The van der Waals surface area contributed by atoms with Crippen molar-refractivity contribution in [1.82, 2.24) is 5.32 Å². The lowest BCUT2D eigenvalue weighted by atomic mass is 9.97. The van der Waals surface area contributed by atoms with Gasteiger partial charge in [0, 0.05) is 17.7 Å². The van der Waals surface area contributed by atoms with Crippen molar-refractivity contribution in [2.75, 3.05) is 6.61 Å². The van der Waals surface area contributed by atoms with Crippen molar-refractivity contribution in [3.63, 3.8) is 0 Å². The molecule has 0 radical (unpaired) electrons. The van der Waals surface area contributed by atoms with Gasteiger partial charge in [-0.05, 0) is 49.1 Å². The minimum atomic E-state index is -0.934. The molecule has 5 heteroatoms. The Balaban J connectivity index is 1.53. The molecule has 1 unspecified atom stereocenters. The van der Waals surface area contributed by atoms with Gasteiger partial charge in [-0.25, -0.2) is 0 Å². The summed E-state index contributed by atoms with van der Waals surface area (Å²) in [4.78, 5) is 12.9. The maximum atomic E-state index is 12.9. The minimum Gasteiger partial charge on any atom is -0.494 e. The van der Waals surface area contributed by atoms with Gasteiger partial charge in [0.05, 0.1) is 6.61 Å². The fourth-order valence-electron chi connectivity index (χ4n) is 3.60. The second-order valence-electron chi connectivity index (χ2n) is 6.62. The number of hydrogen-bond donors (Lipinski definition) is 1. The molecule has 132 valence electrons. The van der Waals surface area contributed by atoms with E-state index in [1.807, 2.05) is 49.4 Å². The lowest BCUT2D eigenvalue weighted by Gasteiger charge is -2.26. The van der Waals surface area contributed by atoms with Crippen LogP contribution in [0.15, 0.2) is 71.0 Å². The molecule has 1 aliphatic carbocycles. The maximum Gasteiger partial charge on any atom is 0.226 e. The molecule has 1 amide bonds. The zero-order valence-corrected chi connectivity index (χ0v) is 14.7. The molecule has 0 bridgehead atoms. The van der Waals surface area contributed by atoms with Gasteiger partial charge in [0.15, 0.2) is 5.66 Å². The molecule has 0 fully saturated rings. The van der Waals surface area contributed by atoms with Gasteiger partial charge in [-0.3, -0.25) is 4.79 Å². The number of carbonyl (C=O) groups excluding carboxylic acids is 1. The van der Waals surface area contributed by atoms with E-state index in [4.69, 9.17) is 4.74 Å². The summed E-state index contributed by atoms with van der Waals surface area (Å²) in [7, 11) is 0. The Hall–Kier alpha value is -2.95. The fourth-order valence-corrected chi connectivity index (χ4v) is 3.60. The van der Waals surface area contributed by atoms with Crippen LogP contribution in [0, 0.1) is 5.92 Å². The van der Waals surface area contributed by atoms with Gasteiger partial charge in [0.2, 0.25) is 5.91 Å². The zero-order chi connectivity index (χ0) is 18.0. The normalized spacial score (nSPS) is 21.0. The van der Waals surface area contributed by atoms with Crippen LogP contribution in [0.5, 0.6) is 5.75 Å². The molecule has 1 N–H and O–H groups in total. The van der Waals surface area contributed by atoms with E-state index >= 15 is 0 Å². The predicted octanol–water partition coefficient (Wildman–Crippen LogP) is 3.75. The molecule has 0 aromatic heterocycles. The molecule has 1 aliphatic heterocycles. The number of amides is 1. The number of benzene rings is 2. The van der Waals surface area contributed by atoms with Crippen molar-refractivity contribution in [1.29, 1.82) is 0 Å². The van der Waals surface area contributed by atoms with Crippen molar-refractivity contribution < 1.29 is 9.53 Å². The molecule has 2 aliphatic rings. The Labute approximate surface area is 152 Å². The molecule has 2 aromatic rings. The van der Waals surface area contributed by atoms with Gasteiger partial charge >= 0.3 is 0 Å². The number of hydrogen-bond acceptors (Lipinski definition) is 4. The molecule has 0 saturated carbocycles. The van der Waals surface area contributed by atoms with E-state index in [0.717, 1.165) is 24.2 Å². The molecular formula is C21H21N3O2. The van der Waals surface area contributed by atoms with Crippen LogP contribution < -0.4 is 10.1 Å². The predicted molar refractivity (Wildman–Crippen MR) is 98.8 cm³/mol. The number of fused-ring (bicyclic) bond motifs is 1. The van der Waals surface area contributed by atoms with E-state index in [0.29, 0.717) is 6.61 Å². The maximum absolute atomic E-state index is 12.9. The quantitative estimate of drug-likeness (QED) is 0.895. The number of azo groups is 1. The van der Waals surface area contributed by atoms with E-state index in [1.54, 1.807) is 6.20 Å². The lowest BCUT2D eigenvalue weighted by molar-refractivity contribution is -0.126. The first-order chi connectivity index (χ1) is 12.7. The van der Waals surface area contributed by atoms with Gasteiger partial charge in [-0.15, -0.1) is 0 Å². The third-order valence-electron chi connectivity index (χ3n) is 4.94. The number of ether oxygens (including phenoxy) is 1. The van der Waals surface area contributed by atoms with Crippen molar-refractivity contribution >= 4 is 5.91 Å². The lowest BCUT2D eigenvalue weighted by Crippen LogP contribution is -2.45. The fraction of sp³-hybridized carbons (Fsp3) is 0.286. The van der Waals surface area contributed by atoms with Gasteiger partial charge in [0.1, 0.15) is 5.75 Å². The van der Waals surface area contributed by atoms with E-state index in [9.17, 15) is 4.79 Å². The average molecular weight is 347 g/mol. The number of nitrogens with one attached hydrogen (secondary N) is 1. The molecular weight excluding hydrogens is 326 g/mol. The Morgan fingerprint density at radius 3 is 2.42 bits per heavy atom. The van der Waals surface area contributed by atoms with Crippen LogP contribution in [-0.4, -0.2) is 12.5 Å². The van der Waals surface area contributed by atoms with Gasteiger partial charge in [-0.2, -0.15) is 10.2 Å². The van der Waals surface area contributed by atoms with E-state index in [2.05, 4.69) is 27.7 Å². The molecule has 0 saturated heterocycles. The van der Waals surface area contributed by atoms with Crippen LogP contribution in [0.1, 0.15) is 23.6 Å². The summed E-state index contributed by atoms with van der Waals surface area (Å²) < 4.78 is 5.50. The SMILES string of the molecule is CCOc1ccc(C2(NC(=O)C3Cc4ccccc4C3)C=CN=N2)cc1. The Bertz CT molecular complexity index is 834. The van der Waals surface area contributed by atoms with Crippen LogP contribution in [-0.2, 0) is 23.3 Å². The van der Waals surface area contributed by atoms with Gasteiger partial charge < -0.3 is 10.1 Å². The molecule has 26 heavy (non-hydrogen) atoms. The van der Waals surface area contributed by atoms with Crippen molar-refractivity contribution in [3.8, 4) is 5.75 Å². The van der Waals surface area contributed by atoms with Crippen LogP contribution in [0.3, 0.4) is 0 Å². The standard InChI is InChI=1S/C21H21N3O2/c1-2-26-19-9-7-18(8-10-19)21(11-12-22-24-21)23-20(25)17-13-15-5-3-4-6-16(15)14-17/h3-12,17H,2,13-14H2,1H3,(H,23,25). The van der Waals surface area contributed by atoms with Crippen LogP contribution >= 0.6 is 0 Å². The first-order valence-electron chi connectivity index (χ1n) is 8.92. The van der Waals surface area contributed by atoms with Crippen molar-refractivity contribution in [2.45, 2.75) is 25.4 Å². The molecule has 1 atom stereocenters. The van der Waals surface area contributed by atoms with Crippen molar-refractivity contribution in [3.05, 3.63) is 77.5 Å². The highest BCUT2D eigenvalue weighted by atomic mass is 16.5. The third kappa shape index (κ3) is 3.01. The minimum absolute atomic E-state index is 0.000541. The molecule has 5 nitrogen and oxygen atoms in total. The van der Waals surface area contributed by atoms with E-state index in [-0.39, 0.29) is 11.8 Å². The molecule has 0 spiro atoms. The van der Waals surface area contributed by atoms with Crippen LogP contribution in [0.25, 0.3) is 0 Å². The summed E-state index contributed by atoms with van der Waals surface area (Å²) >= 11 is 0. The number of rotatable bonds is 5. The molecule has 2 aromatic carbocycles. The largest absolute Gasteiger partial charge is 0.494 e. The second-order valence-corrected chi connectivity index (χ2v) is 6.62.